The molecular weight excluding hydrogens is 200 g/mol. The molecular formula is C9H11ClN4. The SMILES string of the molecule is CCn1nc(C)c2nc(C)nc(Cl)c21. The summed E-state index contributed by atoms with van der Waals surface area (Å²) in [5.41, 5.74) is 2.58. The third-order valence-corrected chi connectivity index (χ3v) is 2.39. The zero-order valence-corrected chi connectivity index (χ0v) is 9.13. The van der Waals surface area contributed by atoms with E-state index in [9.17, 15) is 0 Å². The highest BCUT2D eigenvalue weighted by Crippen LogP contribution is 2.22. The maximum Gasteiger partial charge on any atom is 0.158 e. The van der Waals surface area contributed by atoms with Crippen LogP contribution in [0, 0.1) is 13.8 Å². The molecule has 0 N–H and O–H groups in total. The summed E-state index contributed by atoms with van der Waals surface area (Å²) in [6, 6.07) is 0. The molecule has 0 bridgehead atoms. The first-order valence-electron chi connectivity index (χ1n) is 4.50. The predicted molar refractivity (Wildman–Crippen MR) is 55.5 cm³/mol. The molecule has 0 radical (unpaired) electrons. The first-order valence-corrected chi connectivity index (χ1v) is 4.88. The van der Waals surface area contributed by atoms with Gasteiger partial charge in [0, 0.05) is 6.54 Å². The van der Waals surface area contributed by atoms with Gasteiger partial charge in [0.25, 0.3) is 0 Å². The molecule has 0 fully saturated rings. The third kappa shape index (κ3) is 1.26. The van der Waals surface area contributed by atoms with Crippen LogP contribution in [0.5, 0.6) is 0 Å². The number of aromatic nitrogens is 4. The van der Waals surface area contributed by atoms with Crippen LogP contribution < -0.4 is 0 Å². The van der Waals surface area contributed by atoms with Crippen molar-refractivity contribution in [3.63, 3.8) is 0 Å². The molecule has 0 amide bonds. The molecule has 2 aromatic heterocycles. The summed E-state index contributed by atoms with van der Waals surface area (Å²) in [5.74, 6) is 0.682. The maximum atomic E-state index is 6.05. The number of fused-ring (bicyclic) bond motifs is 1. The van der Waals surface area contributed by atoms with E-state index >= 15 is 0 Å². The fourth-order valence-corrected chi connectivity index (χ4v) is 1.83. The van der Waals surface area contributed by atoms with Gasteiger partial charge in [0.05, 0.1) is 5.69 Å². The summed E-state index contributed by atoms with van der Waals surface area (Å²) in [4.78, 5) is 8.44. The standard InChI is InChI=1S/C9H11ClN4/c1-4-14-8-7(5(2)13-14)11-6(3)12-9(8)10/h4H2,1-3H3. The van der Waals surface area contributed by atoms with E-state index in [2.05, 4.69) is 15.1 Å². The van der Waals surface area contributed by atoms with Crippen molar-refractivity contribution in [2.75, 3.05) is 0 Å². The summed E-state index contributed by atoms with van der Waals surface area (Å²) in [6.45, 7) is 6.55. The van der Waals surface area contributed by atoms with Gasteiger partial charge in [-0.2, -0.15) is 5.10 Å². The second-order valence-electron chi connectivity index (χ2n) is 3.16. The van der Waals surface area contributed by atoms with Crippen molar-refractivity contribution in [3.8, 4) is 0 Å². The van der Waals surface area contributed by atoms with Gasteiger partial charge in [0.1, 0.15) is 16.9 Å². The number of hydrogen-bond donors (Lipinski definition) is 0. The summed E-state index contributed by atoms with van der Waals surface area (Å²) in [7, 11) is 0. The number of nitrogens with zero attached hydrogens (tertiary/aromatic N) is 4. The van der Waals surface area contributed by atoms with Crippen molar-refractivity contribution in [3.05, 3.63) is 16.7 Å². The van der Waals surface area contributed by atoms with Gasteiger partial charge in [-0.1, -0.05) is 11.6 Å². The third-order valence-electron chi connectivity index (χ3n) is 2.12. The lowest BCUT2D eigenvalue weighted by Crippen LogP contribution is -1.98. The lowest BCUT2D eigenvalue weighted by atomic mass is 10.3. The van der Waals surface area contributed by atoms with Gasteiger partial charge in [-0.25, -0.2) is 9.97 Å². The molecule has 4 nitrogen and oxygen atoms in total. The smallest absolute Gasteiger partial charge is 0.158 e. The zero-order chi connectivity index (χ0) is 10.3. The van der Waals surface area contributed by atoms with Crippen molar-refractivity contribution in [1.29, 1.82) is 0 Å². The molecule has 74 valence electrons. The molecule has 2 aromatic rings. The van der Waals surface area contributed by atoms with Crippen LogP contribution >= 0.6 is 11.6 Å². The molecule has 0 aliphatic rings. The maximum absolute atomic E-state index is 6.05. The molecule has 0 atom stereocenters. The summed E-state index contributed by atoms with van der Waals surface area (Å²) >= 11 is 6.05. The van der Waals surface area contributed by atoms with Crippen LogP contribution in [0.1, 0.15) is 18.4 Å². The molecule has 2 heterocycles. The summed E-state index contributed by atoms with van der Waals surface area (Å²) in [6.07, 6.45) is 0. The highest BCUT2D eigenvalue weighted by atomic mass is 35.5. The predicted octanol–water partition coefficient (Wildman–Crippen LogP) is 2.12. The highest BCUT2D eigenvalue weighted by molar-refractivity contribution is 6.33. The number of hydrogen-bond acceptors (Lipinski definition) is 3. The Morgan fingerprint density at radius 3 is 2.64 bits per heavy atom. The molecule has 2 rings (SSSR count). The second-order valence-corrected chi connectivity index (χ2v) is 3.52. The molecule has 0 spiro atoms. The monoisotopic (exact) mass is 210 g/mol. The van der Waals surface area contributed by atoms with Crippen molar-refractivity contribution in [2.24, 2.45) is 0 Å². The molecule has 5 heteroatoms. The van der Waals surface area contributed by atoms with E-state index in [1.807, 2.05) is 25.5 Å². The quantitative estimate of drug-likeness (QED) is 0.678. The Morgan fingerprint density at radius 2 is 2.00 bits per heavy atom. The van der Waals surface area contributed by atoms with Crippen LogP contribution in [0.2, 0.25) is 5.15 Å². The van der Waals surface area contributed by atoms with Gasteiger partial charge in [-0.3, -0.25) is 4.68 Å². The van der Waals surface area contributed by atoms with E-state index in [0.717, 1.165) is 23.3 Å². The van der Waals surface area contributed by atoms with Gasteiger partial charge >= 0.3 is 0 Å². The van der Waals surface area contributed by atoms with Gasteiger partial charge in [0.2, 0.25) is 0 Å². The Kier molecular flexibility index (Phi) is 2.15. The van der Waals surface area contributed by atoms with Gasteiger partial charge in [-0.05, 0) is 20.8 Å². The van der Waals surface area contributed by atoms with Gasteiger partial charge in [0.15, 0.2) is 5.15 Å². The second kappa shape index (κ2) is 3.20. The van der Waals surface area contributed by atoms with Crippen molar-refractivity contribution in [1.82, 2.24) is 19.7 Å². The van der Waals surface area contributed by atoms with Crippen molar-refractivity contribution in [2.45, 2.75) is 27.3 Å². The number of aryl methyl sites for hydroxylation is 3. The molecule has 14 heavy (non-hydrogen) atoms. The molecule has 0 aromatic carbocycles. The number of halogens is 1. The summed E-state index contributed by atoms with van der Waals surface area (Å²) in [5, 5.41) is 4.82. The van der Waals surface area contributed by atoms with Crippen LogP contribution in [0.3, 0.4) is 0 Å². The molecule has 0 saturated carbocycles. The number of rotatable bonds is 1. The lowest BCUT2D eigenvalue weighted by molar-refractivity contribution is 0.675. The minimum absolute atomic E-state index is 0.481. The summed E-state index contributed by atoms with van der Waals surface area (Å²) < 4.78 is 1.83. The Balaban J connectivity index is 2.89. The molecule has 0 saturated heterocycles. The Morgan fingerprint density at radius 1 is 1.29 bits per heavy atom. The van der Waals surface area contributed by atoms with E-state index in [1.165, 1.54) is 0 Å². The fraction of sp³-hybridized carbons (Fsp3) is 0.444. The van der Waals surface area contributed by atoms with E-state index in [1.54, 1.807) is 0 Å². The van der Waals surface area contributed by atoms with Crippen molar-refractivity contribution >= 4 is 22.6 Å². The largest absolute Gasteiger partial charge is 0.260 e. The van der Waals surface area contributed by atoms with Crippen LogP contribution in [0.15, 0.2) is 0 Å². The first-order chi connectivity index (χ1) is 6.63. The topological polar surface area (TPSA) is 43.6 Å². The minimum atomic E-state index is 0.481. The normalized spacial score (nSPS) is 11.1. The van der Waals surface area contributed by atoms with E-state index in [4.69, 9.17) is 11.6 Å². The van der Waals surface area contributed by atoms with Crippen molar-refractivity contribution < 1.29 is 0 Å². The van der Waals surface area contributed by atoms with Gasteiger partial charge < -0.3 is 0 Å². The highest BCUT2D eigenvalue weighted by Gasteiger charge is 2.12. The fourth-order valence-electron chi connectivity index (χ4n) is 1.52. The minimum Gasteiger partial charge on any atom is -0.260 e. The Hall–Kier alpha value is -1.16. The average Bonchev–Trinajstić information content (AvgIpc) is 2.43. The molecule has 0 unspecified atom stereocenters. The molecule has 0 aliphatic heterocycles. The van der Waals surface area contributed by atoms with Crippen LogP contribution in [-0.4, -0.2) is 19.7 Å². The Bertz CT molecular complexity index is 489. The van der Waals surface area contributed by atoms with Crippen LogP contribution in [0.25, 0.3) is 11.0 Å². The van der Waals surface area contributed by atoms with E-state index in [0.29, 0.717) is 11.0 Å². The lowest BCUT2D eigenvalue weighted by Gasteiger charge is -1.99. The van der Waals surface area contributed by atoms with Crippen LogP contribution in [-0.2, 0) is 6.54 Å². The van der Waals surface area contributed by atoms with E-state index in [-0.39, 0.29) is 0 Å². The molecule has 0 aliphatic carbocycles. The Labute approximate surface area is 86.9 Å². The van der Waals surface area contributed by atoms with Gasteiger partial charge in [-0.15, -0.1) is 0 Å². The first kappa shape index (κ1) is 9.40. The van der Waals surface area contributed by atoms with Crippen LogP contribution in [0.4, 0.5) is 0 Å². The van der Waals surface area contributed by atoms with E-state index < -0.39 is 0 Å². The zero-order valence-electron chi connectivity index (χ0n) is 8.37. The average molecular weight is 211 g/mol.